The van der Waals surface area contributed by atoms with Crippen LogP contribution in [0.15, 0.2) is 67.1 Å². The molecule has 2 heterocycles. The predicted molar refractivity (Wildman–Crippen MR) is 124 cm³/mol. The Bertz CT molecular complexity index is 1160. The number of fused-ring (bicyclic) bond motifs is 1. The third kappa shape index (κ3) is 5.60. The first-order valence-electron chi connectivity index (χ1n) is 10.6. The van der Waals surface area contributed by atoms with Gasteiger partial charge in [0.1, 0.15) is 17.9 Å². The number of carbonyl (C=O) groups excluding carboxylic acids is 1. The van der Waals surface area contributed by atoms with Gasteiger partial charge in [-0.05, 0) is 31.0 Å². The molecule has 0 spiro atoms. The summed E-state index contributed by atoms with van der Waals surface area (Å²) < 4.78 is 7.27. The molecule has 32 heavy (non-hydrogen) atoms. The average Bonchev–Trinajstić information content (AvgIpc) is 3.23. The van der Waals surface area contributed by atoms with Gasteiger partial charge >= 0.3 is 0 Å². The molecule has 0 saturated heterocycles. The number of rotatable bonds is 10. The van der Waals surface area contributed by atoms with Crippen LogP contribution >= 0.6 is 0 Å². The zero-order valence-corrected chi connectivity index (χ0v) is 18.0. The van der Waals surface area contributed by atoms with E-state index in [9.17, 15) is 4.79 Å². The maximum absolute atomic E-state index is 12.1. The molecule has 0 radical (unpaired) electrons. The van der Waals surface area contributed by atoms with E-state index in [2.05, 4.69) is 37.8 Å². The number of aromatic nitrogens is 4. The van der Waals surface area contributed by atoms with Gasteiger partial charge in [0.2, 0.25) is 0 Å². The van der Waals surface area contributed by atoms with Crippen molar-refractivity contribution in [2.45, 2.75) is 19.9 Å². The molecule has 1 amide bonds. The summed E-state index contributed by atoms with van der Waals surface area (Å²) in [4.78, 5) is 20.8. The lowest BCUT2D eigenvalue weighted by Gasteiger charge is -2.09. The number of benzene rings is 2. The van der Waals surface area contributed by atoms with Crippen molar-refractivity contribution in [3.05, 3.63) is 78.2 Å². The third-order valence-electron chi connectivity index (χ3n) is 5.02. The van der Waals surface area contributed by atoms with Crippen molar-refractivity contribution in [3.8, 4) is 5.75 Å². The SMILES string of the molecule is Cc1ccc(OCC(=O)NCCn2ncc3c(NCCc4ccccc4)ncnc32)cc1. The summed E-state index contributed by atoms with van der Waals surface area (Å²) in [6, 6.07) is 17.9. The Morgan fingerprint density at radius 3 is 2.66 bits per heavy atom. The molecule has 0 aliphatic carbocycles. The number of hydrogen-bond donors (Lipinski definition) is 2. The Morgan fingerprint density at radius 1 is 1.03 bits per heavy atom. The van der Waals surface area contributed by atoms with E-state index in [0.29, 0.717) is 18.8 Å². The second-order valence-electron chi connectivity index (χ2n) is 7.44. The lowest BCUT2D eigenvalue weighted by Crippen LogP contribution is -2.31. The summed E-state index contributed by atoms with van der Waals surface area (Å²) in [5, 5.41) is 11.5. The number of hydrogen-bond acceptors (Lipinski definition) is 6. The van der Waals surface area contributed by atoms with Crippen molar-refractivity contribution >= 4 is 22.8 Å². The topological polar surface area (TPSA) is 94.0 Å². The van der Waals surface area contributed by atoms with E-state index in [4.69, 9.17) is 4.74 Å². The van der Waals surface area contributed by atoms with Crippen molar-refractivity contribution in [2.75, 3.05) is 25.0 Å². The fourth-order valence-corrected chi connectivity index (χ4v) is 3.30. The Morgan fingerprint density at radius 2 is 1.84 bits per heavy atom. The molecule has 4 aromatic rings. The smallest absolute Gasteiger partial charge is 0.258 e. The Balaban J connectivity index is 1.26. The minimum absolute atomic E-state index is 0.0272. The molecule has 0 fully saturated rings. The zero-order chi connectivity index (χ0) is 22.2. The number of nitrogens with zero attached hydrogens (tertiary/aromatic N) is 4. The highest BCUT2D eigenvalue weighted by atomic mass is 16.5. The van der Waals surface area contributed by atoms with E-state index in [0.717, 1.165) is 35.4 Å². The number of amides is 1. The molecule has 2 aromatic heterocycles. The van der Waals surface area contributed by atoms with E-state index in [1.807, 2.05) is 49.4 Å². The molecular weight excluding hydrogens is 404 g/mol. The van der Waals surface area contributed by atoms with Gasteiger partial charge in [-0.2, -0.15) is 5.10 Å². The van der Waals surface area contributed by atoms with Crippen molar-refractivity contribution in [2.24, 2.45) is 0 Å². The maximum atomic E-state index is 12.1. The van der Waals surface area contributed by atoms with Gasteiger partial charge < -0.3 is 15.4 Å². The van der Waals surface area contributed by atoms with E-state index >= 15 is 0 Å². The van der Waals surface area contributed by atoms with Gasteiger partial charge in [0.25, 0.3) is 5.91 Å². The number of aryl methyl sites for hydroxylation is 1. The Kier molecular flexibility index (Phi) is 6.91. The number of nitrogens with one attached hydrogen (secondary N) is 2. The standard InChI is InChI=1S/C24H26N6O2/c1-18-7-9-20(10-8-18)32-16-22(31)25-13-14-30-24-21(15-29-30)23(27-17-28-24)26-12-11-19-5-3-2-4-6-19/h2-10,15,17H,11-14,16H2,1H3,(H,25,31)(H,26,27,28). The highest BCUT2D eigenvalue weighted by Gasteiger charge is 2.10. The normalized spacial score (nSPS) is 10.8. The molecule has 0 bridgehead atoms. The van der Waals surface area contributed by atoms with Crippen molar-refractivity contribution in [1.29, 1.82) is 0 Å². The van der Waals surface area contributed by atoms with Gasteiger partial charge in [-0.15, -0.1) is 0 Å². The largest absolute Gasteiger partial charge is 0.484 e. The molecular formula is C24H26N6O2. The third-order valence-corrected chi connectivity index (χ3v) is 5.02. The van der Waals surface area contributed by atoms with Crippen molar-refractivity contribution in [1.82, 2.24) is 25.1 Å². The molecule has 8 heteroatoms. The predicted octanol–water partition coefficient (Wildman–Crippen LogP) is 2.98. The summed E-state index contributed by atoms with van der Waals surface area (Å²) in [5.74, 6) is 1.25. The van der Waals surface area contributed by atoms with Crippen molar-refractivity contribution < 1.29 is 9.53 Å². The van der Waals surface area contributed by atoms with E-state index in [1.54, 1.807) is 10.9 Å². The second kappa shape index (κ2) is 10.4. The van der Waals surface area contributed by atoms with Gasteiger partial charge in [-0.1, -0.05) is 48.0 Å². The molecule has 164 valence electrons. The van der Waals surface area contributed by atoms with Crippen LogP contribution in [0.3, 0.4) is 0 Å². The molecule has 8 nitrogen and oxygen atoms in total. The van der Waals surface area contributed by atoms with Crippen LogP contribution in [0.5, 0.6) is 5.75 Å². The highest BCUT2D eigenvalue weighted by Crippen LogP contribution is 2.18. The van der Waals surface area contributed by atoms with Crippen LogP contribution in [-0.2, 0) is 17.8 Å². The van der Waals surface area contributed by atoms with Crippen LogP contribution in [0, 0.1) is 6.92 Å². The Labute approximate surface area is 186 Å². The molecule has 4 rings (SSSR count). The minimum atomic E-state index is -0.181. The summed E-state index contributed by atoms with van der Waals surface area (Å²) in [6.45, 7) is 3.66. The van der Waals surface area contributed by atoms with E-state index in [-0.39, 0.29) is 12.5 Å². The van der Waals surface area contributed by atoms with E-state index in [1.165, 1.54) is 11.9 Å². The number of carbonyl (C=O) groups is 1. The summed E-state index contributed by atoms with van der Waals surface area (Å²) in [7, 11) is 0. The quantitative estimate of drug-likeness (QED) is 0.402. The molecule has 2 N–H and O–H groups in total. The zero-order valence-electron chi connectivity index (χ0n) is 18.0. The number of ether oxygens (including phenoxy) is 1. The molecule has 0 aliphatic rings. The van der Waals surface area contributed by atoms with Crippen LogP contribution in [-0.4, -0.2) is 45.4 Å². The fraction of sp³-hybridized carbons (Fsp3) is 0.250. The Hall–Kier alpha value is -3.94. The fourth-order valence-electron chi connectivity index (χ4n) is 3.30. The second-order valence-corrected chi connectivity index (χ2v) is 7.44. The van der Waals surface area contributed by atoms with Gasteiger partial charge in [0, 0.05) is 13.1 Å². The highest BCUT2D eigenvalue weighted by molar-refractivity contribution is 5.86. The molecule has 0 unspecified atom stereocenters. The maximum Gasteiger partial charge on any atom is 0.258 e. The minimum Gasteiger partial charge on any atom is -0.484 e. The first kappa shape index (κ1) is 21.3. The summed E-state index contributed by atoms with van der Waals surface area (Å²) in [6.07, 6.45) is 4.18. The van der Waals surface area contributed by atoms with Crippen molar-refractivity contribution in [3.63, 3.8) is 0 Å². The van der Waals surface area contributed by atoms with Gasteiger partial charge in [0.05, 0.1) is 18.1 Å². The van der Waals surface area contributed by atoms with E-state index < -0.39 is 0 Å². The first-order chi connectivity index (χ1) is 15.7. The van der Waals surface area contributed by atoms with Crippen LogP contribution in [0.1, 0.15) is 11.1 Å². The molecule has 0 aliphatic heterocycles. The van der Waals surface area contributed by atoms with Crippen LogP contribution in [0.2, 0.25) is 0 Å². The van der Waals surface area contributed by atoms with Gasteiger partial charge in [-0.25, -0.2) is 14.6 Å². The average molecular weight is 431 g/mol. The van der Waals surface area contributed by atoms with Gasteiger partial charge in [-0.3, -0.25) is 4.79 Å². The lowest BCUT2D eigenvalue weighted by atomic mass is 10.1. The molecule has 0 atom stereocenters. The summed E-state index contributed by atoms with van der Waals surface area (Å²) >= 11 is 0. The number of anilines is 1. The lowest BCUT2D eigenvalue weighted by molar-refractivity contribution is -0.123. The van der Waals surface area contributed by atoms with Crippen LogP contribution in [0.25, 0.3) is 11.0 Å². The van der Waals surface area contributed by atoms with Crippen LogP contribution in [0.4, 0.5) is 5.82 Å². The van der Waals surface area contributed by atoms with Crippen LogP contribution < -0.4 is 15.4 Å². The van der Waals surface area contributed by atoms with Gasteiger partial charge in [0.15, 0.2) is 12.3 Å². The molecule has 2 aromatic carbocycles. The molecule has 0 saturated carbocycles. The first-order valence-corrected chi connectivity index (χ1v) is 10.6. The summed E-state index contributed by atoms with van der Waals surface area (Å²) in [5.41, 5.74) is 3.14. The monoisotopic (exact) mass is 430 g/mol.